The van der Waals surface area contributed by atoms with Gasteiger partial charge in [0.15, 0.2) is 23.1 Å². The number of nitrogens with zero attached hydrogens (tertiary/aromatic N) is 5. The minimum atomic E-state index is -3.90. The molecule has 0 unspecified atom stereocenters. The molecule has 8 N–H and O–H groups in total. The maximum absolute atomic E-state index is 14.0. The van der Waals surface area contributed by atoms with Crippen LogP contribution in [0, 0.1) is 26.1 Å². The average molecular weight is 1270 g/mol. The Labute approximate surface area is 497 Å². The van der Waals surface area contributed by atoms with E-state index in [0.717, 1.165) is 11.8 Å². The van der Waals surface area contributed by atoms with Gasteiger partial charge < -0.3 is 40.0 Å². The van der Waals surface area contributed by atoms with Crippen molar-refractivity contribution in [1.82, 2.24) is 15.6 Å². The highest BCUT2D eigenvalue weighted by Gasteiger charge is 2.36. The number of ether oxygens (including phenoxy) is 1. The van der Waals surface area contributed by atoms with Crippen molar-refractivity contribution in [2.24, 2.45) is 16.2 Å². The zero-order valence-corrected chi connectivity index (χ0v) is 48.3. The number of carbonyl (C=O) groups is 3. The van der Waals surface area contributed by atoms with E-state index in [1.165, 1.54) is 36.4 Å². The number of anilines is 6. The highest BCUT2D eigenvalue weighted by atomic mass is 79.9. The predicted octanol–water partition coefficient (Wildman–Crippen LogP) is 9.68. The number of rotatable bonds is 19. The lowest BCUT2D eigenvalue weighted by atomic mass is 9.86. The first-order valence-electron chi connectivity index (χ1n) is 26.7. The molecule has 0 saturated carbocycles. The maximum Gasteiger partial charge on any atom is 0.299 e. The lowest BCUT2D eigenvalue weighted by molar-refractivity contribution is -0.393. The molecule has 1 aliphatic heterocycles. The minimum Gasteiger partial charge on any atom is -0.381 e. The molecule has 3 aliphatic rings. The van der Waals surface area contributed by atoms with Crippen LogP contribution in [0.25, 0.3) is 44.5 Å². The molecule has 1 fully saturated rings. The summed E-state index contributed by atoms with van der Waals surface area (Å²) in [6.45, 7) is 2.66. The molecule has 2 aromatic heterocycles. The molecule has 0 bridgehead atoms. The summed E-state index contributed by atoms with van der Waals surface area (Å²) in [6, 6.07) is 33.3. The Kier molecular flexibility index (Phi) is 16.2. The zero-order valence-electron chi connectivity index (χ0n) is 45.1. The quantitative estimate of drug-likeness (QED) is 0.0249. The van der Waals surface area contributed by atoms with Gasteiger partial charge in [-0.3, -0.25) is 34.6 Å². The van der Waals surface area contributed by atoms with E-state index in [1.807, 2.05) is 30.3 Å². The second kappa shape index (κ2) is 23.9. The average Bonchev–Trinajstić information content (AvgIpc) is 1.71. The Morgan fingerprint density at radius 3 is 1.67 bits per heavy atom. The fourth-order valence-corrected chi connectivity index (χ4v) is 12.1. The Hall–Kier alpha value is -9.45. The summed E-state index contributed by atoms with van der Waals surface area (Å²) >= 11 is 3.49. The number of ketones is 2. The fourth-order valence-electron chi connectivity index (χ4n) is 10.6. The van der Waals surface area contributed by atoms with Crippen molar-refractivity contribution in [2.75, 3.05) is 60.2 Å². The Bertz CT molecular complexity index is 4460. The lowest BCUT2D eigenvalue weighted by Gasteiger charge is -2.33. The standard InChI is InChI=1S/C38H38N8O10S.C20H12BrN3O4S/c39-57(53,54)26-10-7-24(8-11-26)42-30-22-32(35-34-33(30)36(47)27-5-1-2-6-28(27)37(34)56-43-35)44-17-13-23(14-18-44)38(48)41-16-4-20-55-19-3-15-40-29-12-9-25(45(49)50)21-31(29)46(51)52;21-14-9-15(23-10-5-7-11(8-6-10)29(22,26)27)16-17-18(14)24-28-20(17)13-4-2-1-3-12(13)19(16)25/h1-2,5-12,21-23,40,42H,3-4,13-20H2,(H,41,48)(H2,39,53,54);1-9,23H,(H2,22,26,27). The summed E-state index contributed by atoms with van der Waals surface area (Å²) < 4.78 is 64.4. The third-order valence-corrected chi connectivity index (χ3v) is 17.3. The molecular weight excluding hydrogens is 1220 g/mol. The highest BCUT2D eigenvalue weighted by molar-refractivity contribution is 9.10. The first kappa shape index (κ1) is 58.3. The number of sulfonamides is 2. The van der Waals surface area contributed by atoms with Crippen LogP contribution >= 0.6 is 15.9 Å². The van der Waals surface area contributed by atoms with Crippen LogP contribution in [0.15, 0.2) is 151 Å². The number of aromatic nitrogens is 2. The van der Waals surface area contributed by atoms with E-state index in [9.17, 15) is 51.4 Å². The SMILES string of the molecule is NS(=O)(=O)c1ccc(Nc2cc(Br)c3noc4c3c2C(=O)c2ccccc2-4)cc1.NS(=O)(=O)c1ccc(Nc2cc(N3CCC(C(=O)NCCCOCCCNc4ccc([N+](=O)[O-])cc4[N+](=O)[O-])CC3)c3noc4c3c2C(=O)c2ccccc2-4)cc1. The van der Waals surface area contributed by atoms with Gasteiger partial charge in [-0.15, -0.1) is 0 Å². The van der Waals surface area contributed by atoms with Crippen LogP contribution in [0.3, 0.4) is 0 Å². The van der Waals surface area contributed by atoms with Crippen molar-refractivity contribution in [1.29, 1.82) is 0 Å². The molecule has 2 aliphatic carbocycles. The van der Waals surface area contributed by atoms with Crippen LogP contribution in [0.2, 0.25) is 0 Å². The van der Waals surface area contributed by atoms with Crippen molar-refractivity contribution in [3.05, 3.63) is 174 Å². The van der Waals surface area contributed by atoms with Crippen molar-refractivity contribution < 1.29 is 54.8 Å². The summed E-state index contributed by atoms with van der Waals surface area (Å²) in [5.74, 6) is 0.424. The van der Waals surface area contributed by atoms with Gasteiger partial charge in [-0.2, -0.15) is 0 Å². The lowest BCUT2D eigenvalue weighted by Crippen LogP contribution is -2.41. The van der Waals surface area contributed by atoms with Crippen LogP contribution in [0.4, 0.5) is 45.5 Å². The highest BCUT2D eigenvalue weighted by Crippen LogP contribution is 2.48. The van der Waals surface area contributed by atoms with E-state index in [2.05, 4.69) is 52.4 Å². The summed E-state index contributed by atoms with van der Waals surface area (Å²) in [5.41, 5.74) is 6.68. The van der Waals surface area contributed by atoms with Gasteiger partial charge in [-0.1, -0.05) is 58.8 Å². The smallest absolute Gasteiger partial charge is 0.299 e. The van der Waals surface area contributed by atoms with E-state index >= 15 is 0 Å². The molecule has 0 radical (unpaired) electrons. The second-order valence-corrected chi connectivity index (χ2v) is 24.2. The number of piperidine rings is 1. The van der Waals surface area contributed by atoms with E-state index in [4.69, 9.17) is 24.1 Å². The number of non-ortho nitro benzene ring substituents is 1. The molecule has 0 spiro atoms. The number of halogens is 1. The summed E-state index contributed by atoms with van der Waals surface area (Å²) in [4.78, 5) is 63.3. The number of nitrogens with two attached hydrogens (primary N) is 2. The van der Waals surface area contributed by atoms with Gasteiger partial charge in [-0.05, 0) is 108 Å². The Morgan fingerprint density at radius 2 is 1.15 bits per heavy atom. The number of hydrogen-bond donors (Lipinski definition) is 6. The number of amides is 1. The first-order chi connectivity index (χ1) is 41.2. The number of hydrogen-bond acceptors (Lipinski definition) is 20. The molecule has 1 saturated heterocycles. The van der Waals surface area contributed by atoms with Gasteiger partial charge in [0.25, 0.3) is 11.4 Å². The van der Waals surface area contributed by atoms with E-state index in [0.29, 0.717) is 159 Å². The fraction of sp³-hybridized carbons (Fsp3) is 0.190. The van der Waals surface area contributed by atoms with Gasteiger partial charge in [0.1, 0.15) is 16.7 Å². The third kappa shape index (κ3) is 11.7. The monoisotopic (exact) mass is 1270 g/mol. The zero-order chi connectivity index (χ0) is 60.6. The van der Waals surface area contributed by atoms with Crippen molar-refractivity contribution in [3.8, 4) is 22.6 Å². The van der Waals surface area contributed by atoms with Gasteiger partial charge in [-0.25, -0.2) is 27.1 Å². The van der Waals surface area contributed by atoms with E-state index in [1.54, 1.807) is 54.6 Å². The van der Waals surface area contributed by atoms with Gasteiger partial charge in [0.2, 0.25) is 26.0 Å². The first-order valence-corrected chi connectivity index (χ1v) is 30.6. The maximum atomic E-state index is 14.0. The predicted molar refractivity (Wildman–Crippen MR) is 322 cm³/mol. The normalized spacial score (nSPS) is 13.6. The molecular formula is C58H50BrN11O14S2. The number of benzene rings is 7. The topological polar surface area (TPSA) is 370 Å². The van der Waals surface area contributed by atoms with Crippen LogP contribution in [0.1, 0.15) is 57.5 Å². The van der Waals surface area contributed by atoms with Gasteiger partial charge in [0.05, 0.1) is 64.7 Å². The van der Waals surface area contributed by atoms with E-state index < -0.39 is 29.9 Å². The van der Waals surface area contributed by atoms with Crippen LogP contribution < -0.4 is 36.4 Å². The van der Waals surface area contributed by atoms with Gasteiger partial charge in [0, 0.05) is 89.5 Å². The van der Waals surface area contributed by atoms with Crippen molar-refractivity contribution in [2.45, 2.75) is 35.5 Å². The van der Waals surface area contributed by atoms with Crippen molar-refractivity contribution in [3.63, 3.8) is 0 Å². The number of primary sulfonamides is 2. The Morgan fingerprint density at radius 1 is 0.651 bits per heavy atom. The number of nitro groups is 2. The molecule has 1 amide bonds. The molecule has 12 rings (SSSR count). The molecule has 9 aromatic rings. The van der Waals surface area contributed by atoms with Crippen LogP contribution in [-0.2, 0) is 29.6 Å². The molecule has 86 heavy (non-hydrogen) atoms. The summed E-state index contributed by atoms with van der Waals surface area (Å²) in [6.07, 6.45) is 2.29. The number of carbonyl (C=O) groups excluding carboxylic acids is 3. The number of nitrogens with one attached hydrogen (secondary N) is 4. The molecule has 440 valence electrons. The van der Waals surface area contributed by atoms with Crippen LogP contribution in [0.5, 0.6) is 0 Å². The van der Waals surface area contributed by atoms with Crippen LogP contribution in [-0.4, -0.2) is 93.9 Å². The molecule has 28 heteroatoms. The third-order valence-electron chi connectivity index (χ3n) is 14.8. The second-order valence-electron chi connectivity index (χ2n) is 20.2. The molecule has 25 nitrogen and oxygen atoms in total. The van der Waals surface area contributed by atoms with E-state index in [-0.39, 0.29) is 50.2 Å². The summed E-state index contributed by atoms with van der Waals surface area (Å²) in [5, 5.41) is 54.9. The van der Waals surface area contributed by atoms with Crippen molar-refractivity contribution >= 4 is 121 Å². The van der Waals surface area contributed by atoms with Gasteiger partial charge >= 0.3 is 0 Å². The number of nitro benzene ring substituents is 2. The largest absolute Gasteiger partial charge is 0.381 e. The molecule has 7 aromatic carbocycles. The number of fused-ring (bicyclic) bond motifs is 4. The molecule has 0 atom stereocenters. The molecule has 3 heterocycles. The Balaban J connectivity index is 0.000000220. The minimum absolute atomic E-state index is 0.00680. The summed E-state index contributed by atoms with van der Waals surface area (Å²) in [7, 11) is -7.68.